The lowest BCUT2D eigenvalue weighted by molar-refractivity contribution is 0.104. The van der Waals surface area contributed by atoms with Gasteiger partial charge in [0, 0.05) is 29.6 Å². The molecular formula is C21H19N3O4S. The maximum absolute atomic E-state index is 12.4. The van der Waals surface area contributed by atoms with Crippen LogP contribution in [0.25, 0.3) is 6.08 Å². The number of carbonyl (C=O) groups is 1. The van der Waals surface area contributed by atoms with Crippen LogP contribution in [-0.4, -0.2) is 34.2 Å². The van der Waals surface area contributed by atoms with Crippen LogP contribution < -0.4 is 14.2 Å². The Bertz CT molecular complexity index is 1040. The quantitative estimate of drug-likeness (QED) is 0.452. The molecule has 1 heterocycles. The second-order valence-corrected chi connectivity index (χ2v) is 6.99. The molecule has 29 heavy (non-hydrogen) atoms. The van der Waals surface area contributed by atoms with Gasteiger partial charge in [-0.15, -0.1) is 0 Å². The SMILES string of the molecule is COc1ccc(/C=C/C(=O)c2ccc(S(=O)Nc3ncccn3)cc2)c(OC)c1. The fraction of sp³-hybridized carbons (Fsp3) is 0.0952. The molecule has 0 aliphatic carbocycles. The van der Waals surface area contributed by atoms with Crippen LogP contribution in [0.2, 0.25) is 0 Å². The van der Waals surface area contributed by atoms with Crippen molar-refractivity contribution in [3.63, 3.8) is 0 Å². The molecule has 148 valence electrons. The molecule has 8 heteroatoms. The Labute approximate surface area is 171 Å². The lowest BCUT2D eigenvalue weighted by atomic mass is 10.1. The van der Waals surface area contributed by atoms with Gasteiger partial charge in [-0.3, -0.25) is 9.52 Å². The number of methoxy groups -OCH3 is 2. The fourth-order valence-corrected chi connectivity index (χ4v) is 3.23. The first-order valence-electron chi connectivity index (χ1n) is 8.60. The van der Waals surface area contributed by atoms with E-state index in [0.717, 1.165) is 5.56 Å². The Morgan fingerprint density at radius 3 is 2.41 bits per heavy atom. The van der Waals surface area contributed by atoms with Crippen LogP contribution in [-0.2, 0) is 11.0 Å². The number of ether oxygens (including phenoxy) is 2. The van der Waals surface area contributed by atoms with E-state index in [1.54, 1.807) is 75.2 Å². The number of ketones is 1. The van der Waals surface area contributed by atoms with Gasteiger partial charge < -0.3 is 9.47 Å². The van der Waals surface area contributed by atoms with Crippen molar-refractivity contribution in [2.24, 2.45) is 0 Å². The van der Waals surface area contributed by atoms with E-state index in [9.17, 15) is 9.00 Å². The van der Waals surface area contributed by atoms with Crippen LogP contribution in [0, 0.1) is 0 Å². The predicted molar refractivity (Wildman–Crippen MR) is 111 cm³/mol. The second-order valence-electron chi connectivity index (χ2n) is 5.77. The Morgan fingerprint density at radius 2 is 1.76 bits per heavy atom. The molecule has 0 saturated heterocycles. The monoisotopic (exact) mass is 409 g/mol. The topological polar surface area (TPSA) is 90.4 Å². The summed E-state index contributed by atoms with van der Waals surface area (Å²) in [6, 6.07) is 13.5. The number of nitrogens with zero attached hydrogens (tertiary/aromatic N) is 2. The molecule has 0 radical (unpaired) electrons. The van der Waals surface area contributed by atoms with E-state index in [-0.39, 0.29) is 11.7 Å². The summed E-state index contributed by atoms with van der Waals surface area (Å²) in [6.45, 7) is 0. The number of rotatable bonds is 8. The number of hydrogen-bond acceptors (Lipinski definition) is 6. The highest BCUT2D eigenvalue weighted by molar-refractivity contribution is 7.86. The number of hydrogen-bond donors (Lipinski definition) is 1. The van der Waals surface area contributed by atoms with E-state index in [4.69, 9.17) is 9.47 Å². The van der Waals surface area contributed by atoms with Gasteiger partial charge in [0.05, 0.1) is 19.1 Å². The van der Waals surface area contributed by atoms with Crippen LogP contribution in [0.4, 0.5) is 5.95 Å². The Kier molecular flexibility index (Phi) is 6.70. The molecular weight excluding hydrogens is 390 g/mol. The van der Waals surface area contributed by atoms with Crippen LogP contribution in [0.15, 0.2) is 71.9 Å². The zero-order valence-electron chi connectivity index (χ0n) is 15.9. The lowest BCUT2D eigenvalue weighted by Gasteiger charge is -2.07. The molecule has 3 aromatic rings. The van der Waals surface area contributed by atoms with Gasteiger partial charge in [-0.2, -0.15) is 0 Å². The average molecular weight is 409 g/mol. The first kappa shape index (κ1) is 20.2. The molecule has 3 rings (SSSR count). The molecule has 0 spiro atoms. The molecule has 2 aromatic carbocycles. The predicted octanol–water partition coefficient (Wildman–Crippen LogP) is 3.52. The molecule has 7 nitrogen and oxygen atoms in total. The molecule has 1 N–H and O–H groups in total. The summed E-state index contributed by atoms with van der Waals surface area (Å²) >= 11 is 0. The number of anilines is 1. The van der Waals surface area contributed by atoms with Crippen molar-refractivity contribution in [1.82, 2.24) is 9.97 Å². The van der Waals surface area contributed by atoms with Gasteiger partial charge in [0.1, 0.15) is 11.5 Å². The van der Waals surface area contributed by atoms with Gasteiger partial charge in [0.2, 0.25) is 5.95 Å². The third-order valence-electron chi connectivity index (χ3n) is 3.96. The van der Waals surface area contributed by atoms with Crippen LogP contribution in [0.3, 0.4) is 0 Å². The van der Waals surface area contributed by atoms with Gasteiger partial charge in [-0.05, 0) is 54.6 Å². The van der Waals surface area contributed by atoms with Crippen molar-refractivity contribution in [2.45, 2.75) is 4.90 Å². The molecule has 0 amide bonds. The number of carbonyl (C=O) groups excluding carboxylic acids is 1. The zero-order valence-corrected chi connectivity index (χ0v) is 16.7. The highest BCUT2D eigenvalue weighted by Crippen LogP contribution is 2.25. The number of aromatic nitrogens is 2. The van der Waals surface area contributed by atoms with Gasteiger partial charge in [0.25, 0.3) is 0 Å². The minimum Gasteiger partial charge on any atom is -0.497 e. The Hall–Kier alpha value is -3.52. The summed E-state index contributed by atoms with van der Waals surface area (Å²) in [5.41, 5.74) is 1.23. The average Bonchev–Trinajstić information content (AvgIpc) is 2.78. The van der Waals surface area contributed by atoms with Gasteiger partial charge in [0.15, 0.2) is 16.8 Å². The second kappa shape index (κ2) is 9.61. The van der Waals surface area contributed by atoms with E-state index in [0.29, 0.717) is 22.0 Å². The van der Waals surface area contributed by atoms with E-state index < -0.39 is 11.0 Å². The zero-order chi connectivity index (χ0) is 20.6. The molecule has 1 aromatic heterocycles. The van der Waals surface area contributed by atoms with Gasteiger partial charge in [-0.1, -0.05) is 0 Å². The molecule has 1 atom stereocenters. The van der Waals surface area contributed by atoms with E-state index in [2.05, 4.69) is 14.7 Å². The molecule has 0 fully saturated rings. The van der Waals surface area contributed by atoms with E-state index in [1.165, 1.54) is 6.08 Å². The molecule has 0 bridgehead atoms. The summed E-state index contributed by atoms with van der Waals surface area (Å²) in [4.78, 5) is 20.9. The number of nitrogens with one attached hydrogen (secondary N) is 1. The summed E-state index contributed by atoms with van der Waals surface area (Å²) < 4.78 is 25.5. The lowest BCUT2D eigenvalue weighted by Crippen LogP contribution is -2.07. The van der Waals surface area contributed by atoms with Crippen molar-refractivity contribution in [3.8, 4) is 11.5 Å². The number of allylic oxidation sites excluding steroid dienone is 1. The Balaban J connectivity index is 1.69. The molecule has 0 aliphatic rings. The molecule has 0 saturated carbocycles. The van der Waals surface area contributed by atoms with Crippen LogP contribution in [0.1, 0.15) is 15.9 Å². The van der Waals surface area contributed by atoms with Crippen molar-refractivity contribution in [2.75, 3.05) is 18.9 Å². The van der Waals surface area contributed by atoms with Crippen molar-refractivity contribution in [1.29, 1.82) is 0 Å². The van der Waals surface area contributed by atoms with Crippen molar-refractivity contribution in [3.05, 3.63) is 78.1 Å². The van der Waals surface area contributed by atoms with Crippen LogP contribution >= 0.6 is 0 Å². The van der Waals surface area contributed by atoms with E-state index in [1.807, 2.05) is 6.07 Å². The smallest absolute Gasteiger partial charge is 0.234 e. The van der Waals surface area contributed by atoms with E-state index >= 15 is 0 Å². The molecule has 1 unspecified atom stereocenters. The minimum absolute atomic E-state index is 0.181. The normalized spacial score (nSPS) is 11.8. The van der Waals surface area contributed by atoms with Gasteiger partial charge in [-0.25, -0.2) is 14.2 Å². The van der Waals surface area contributed by atoms with Crippen molar-refractivity contribution < 1.29 is 18.5 Å². The van der Waals surface area contributed by atoms with Crippen molar-refractivity contribution >= 4 is 28.8 Å². The van der Waals surface area contributed by atoms with Crippen LogP contribution in [0.5, 0.6) is 11.5 Å². The standard InChI is InChI=1S/C21H19N3O4S/c1-27-17-8-4-16(20(14-17)28-2)7-11-19(25)15-5-9-18(10-6-15)29(26)24-21-22-12-3-13-23-21/h3-14H,1-2H3,(H,22,23,24)/b11-7+. The highest BCUT2D eigenvalue weighted by Gasteiger charge is 2.08. The first-order valence-corrected chi connectivity index (χ1v) is 9.75. The highest BCUT2D eigenvalue weighted by atomic mass is 32.2. The van der Waals surface area contributed by atoms with Gasteiger partial charge >= 0.3 is 0 Å². The molecule has 0 aliphatic heterocycles. The summed E-state index contributed by atoms with van der Waals surface area (Å²) in [5, 5.41) is 0. The third-order valence-corrected chi connectivity index (χ3v) is 5.03. The third kappa shape index (κ3) is 5.26. The number of benzene rings is 2. The maximum Gasteiger partial charge on any atom is 0.234 e. The minimum atomic E-state index is -1.53. The fourth-order valence-electron chi connectivity index (χ4n) is 2.45. The maximum atomic E-state index is 12.4. The Morgan fingerprint density at radius 1 is 1.03 bits per heavy atom. The first-order chi connectivity index (χ1) is 14.1. The summed E-state index contributed by atoms with van der Waals surface area (Å²) in [5.74, 6) is 1.36. The summed E-state index contributed by atoms with van der Waals surface area (Å²) in [6.07, 6.45) is 6.25. The largest absolute Gasteiger partial charge is 0.497 e. The summed E-state index contributed by atoms with van der Waals surface area (Å²) in [7, 11) is 1.60.